The Morgan fingerprint density at radius 1 is 1.50 bits per heavy atom. The van der Waals surface area contributed by atoms with Crippen LogP contribution in [0.3, 0.4) is 0 Å². The summed E-state index contributed by atoms with van der Waals surface area (Å²) in [6, 6.07) is 4.26. The van der Waals surface area contributed by atoms with E-state index in [0.29, 0.717) is 19.4 Å². The molecule has 1 aromatic rings. The average Bonchev–Trinajstić information content (AvgIpc) is 2.87. The summed E-state index contributed by atoms with van der Waals surface area (Å²) < 4.78 is 13.6. The molecule has 0 aromatic heterocycles. The average molecular weight is 344 g/mol. The SMILES string of the molecule is CCC1(C(=O)O)CCN(C(=O)c2cccc(F)c2Br)C1. The number of carbonyl (C=O) groups excluding carboxylic acids is 1. The number of likely N-dealkylation sites (tertiary alicyclic amines) is 1. The number of rotatable bonds is 3. The van der Waals surface area contributed by atoms with Gasteiger partial charge in [-0.1, -0.05) is 13.0 Å². The molecule has 1 fully saturated rings. The zero-order valence-corrected chi connectivity index (χ0v) is 12.6. The maximum atomic E-state index is 13.5. The number of nitrogens with zero attached hydrogens (tertiary/aromatic N) is 1. The third-order valence-corrected chi connectivity index (χ3v) is 4.76. The maximum Gasteiger partial charge on any atom is 0.311 e. The fraction of sp³-hybridized carbons (Fsp3) is 0.429. The second-order valence-electron chi connectivity index (χ2n) is 5.02. The van der Waals surface area contributed by atoms with Gasteiger partial charge in [0.15, 0.2) is 0 Å². The lowest BCUT2D eigenvalue weighted by Gasteiger charge is -2.23. The quantitative estimate of drug-likeness (QED) is 0.917. The molecule has 4 nitrogen and oxygen atoms in total. The van der Waals surface area contributed by atoms with Gasteiger partial charge >= 0.3 is 5.97 Å². The van der Waals surface area contributed by atoms with E-state index in [4.69, 9.17) is 0 Å². The molecule has 6 heteroatoms. The number of hydrogen-bond acceptors (Lipinski definition) is 2. The van der Waals surface area contributed by atoms with Crippen LogP contribution in [-0.4, -0.2) is 35.0 Å². The molecule has 1 aliphatic rings. The highest BCUT2D eigenvalue weighted by atomic mass is 79.9. The second kappa shape index (κ2) is 5.52. The largest absolute Gasteiger partial charge is 0.481 e. The number of hydrogen-bond donors (Lipinski definition) is 1. The Kier molecular flexibility index (Phi) is 4.13. The Bertz CT molecular complexity index is 563. The van der Waals surface area contributed by atoms with E-state index in [0.717, 1.165) is 0 Å². The van der Waals surface area contributed by atoms with Crippen molar-refractivity contribution in [1.82, 2.24) is 4.90 Å². The van der Waals surface area contributed by atoms with Crippen molar-refractivity contribution in [3.63, 3.8) is 0 Å². The Balaban J connectivity index is 2.24. The number of carboxylic acids is 1. The van der Waals surface area contributed by atoms with Crippen molar-refractivity contribution in [2.24, 2.45) is 5.41 Å². The molecular formula is C14H15BrFNO3. The van der Waals surface area contributed by atoms with Crippen LogP contribution in [0, 0.1) is 11.2 Å². The molecule has 1 unspecified atom stereocenters. The minimum atomic E-state index is -0.881. The van der Waals surface area contributed by atoms with E-state index >= 15 is 0 Å². The first-order valence-electron chi connectivity index (χ1n) is 6.38. The van der Waals surface area contributed by atoms with Gasteiger partial charge in [-0.2, -0.15) is 0 Å². The number of benzene rings is 1. The van der Waals surface area contributed by atoms with Crippen LogP contribution < -0.4 is 0 Å². The summed E-state index contributed by atoms with van der Waals surface area (Å²) in [5, 5.41) is 9.33. The number of carbonyl (C=O) groups is 2. The molecule has 0 aliphatic carbocycles. The first-order valence-corrected chi connectivity index (χ1v) is 7.17. The number of amides is 1. The summed E-state index contributed by atoms with van der Waals surface area (Å²) in [5.74, 6) is -1.73. The van der Waals surface area contributed by atoms with Gasteiger partial charge in [-0.15, -0.1) is 0 Å². The van der Waals surface area contributed by atoms with Crippen molar-refractivity contribution in [2.75, 3.05) is 13.1 Å². The zero-order valence-electron chi connectivity index (χ0n) is 11.0. The van der Waals surface area contributed by atoms with Crippen LogP contribution in [0.4, 0.5) is 4.39 Å². The zero-order chi connectivity index (χ0) is 14.9. The molecule has 0 bridgehead atoms. The fourth-order valence-electron chi connectivity index (χ4n) is 2.50. The van der Waals surface area contributed by atoms with Crippen LogP contribution in [0.15, 0.2) is 22.7 Å². The Hall–Kier alpha value is -1.43. The maximum absolute atomic E-state index is 13.5. The first-order chi connectivity index (χ1) is 9.41. The van der Waals surface area contributed by atoms with Gasteiger partial charge in [-0.05, 0) is 40.9 Å². The smallest absolute Gasteiger partial charge is 0.311 e. The molecular weight excluding hydrogens is 329 g/mol. The lowest BCUT2D eigenvalue weighted by atomic mass is 9.84. The lowest BCUT2D eigenvalue weighted by Crippen LogP contribution is -2.36. The van der Waals surface area contributed by atoms with Crippen LogP contribution >= 0.6 is 15.9 Å². The molecule has 2 rings (SSSR count). The molecule has 0 spiro atoms. The van der Waals surface area contributed by atoms with Gasteiger partial charge in [0.05, 0.1) is 15.5 Å². The van der Waals surface area contributed by atoms with Crippen LogP contribution in [0.1, 0.15) is 30.1 Å². The summed E-state index contributed by atoms with van der Waals surface area (Å²) in [7, 11) is 0. The van der Waals surface area contributed by atoms with Gasteiger partial charge in [-0.25, -0.2) is 4.39 Å². The highest BCUT2D eigenvalue weighted by Crippen LogP contribution is 2.35. The normalized spacial score (nSPS) is 22.1. The fourth-order valence-corrected chi connectivity index (χ4v) is 2.93. The minimum Gasteiger partial charge on any atom is -0.481 e. The molecule has 1 aromatic carbocycles. The number of halogens is 2. The Labute approximate surface area is 124 Å². The van der Waals surface area contributed by atoms with Crippen molar-refractivity contribution >= 4 is 27.8 Å². The van der Waals surface area contributed by atoms with Gasteiger partial charge in [0.2, 0.25) is 0 Å². The van der Waals surface area contributed by atoms with E-state index in [1.54, 1.807) is 6.92 Å². The van der Waals surface area contributed by atoms with Crippen LogP contribution in [0.5, 0.6) is 0 Å². The standard InChI is InChI=1S/C14H15BrFNO3/c1-2-14(13(19)20)6-7-17(8-14)12(18)9-4-3-5-10(16)11(9)15/h3-5H,2,6-8H2,1H3,(H,19,20). The monoisotopic (exact) mass is 343 g/mol. The summed E-state index contributed by atoms with van der Waals surface area (Å²) in [6.45, 7) is 2.35. The highest BCUT2D eigenvalue weighted by molar-refractivity contribution is 9.10. The van der Waals surface area contributed by atoms with Crippen molar-refractivity contribution < 1.29 is 19.1 Å². The van der Waals surface area contributed by atoms with E-state index in [2.05, 4.69) is 15.9 Å². The molecule has 108 valence electrons. The molecule has 20 heavy (non-hydrogen) atoms. The van der Waals surface area contributed by atoms with E-state index in [1.807, 2.05) is 0 Å². The summed E-state index contributed by atoms with van der Waals surface area (Å²) >= 11 is 3.06. The van der Waals surface area contributed by atoms with Gasteiger partial charge in [0.25, 0.3) is 5.91 Å². The first kappa shape index (κ1) is 15.0. The Morgan fingerprint density at radius 2 is 2.20 bits per heavy atom. The van der Waals surface area contributed by atoms with Crippen molar-refractivity contribution in [2.45, 2.75) is 19.8 Å². The van der Waals surface area contributed by atoms with Crippen LogP contribution in [-0.2, 0) is 4.79 Å². The predicted octanol–water partition coefficient (Wildman–Crippen LogP) is 2.92. The number of aliphatic carboxylic acids is 1. The summed E-state index contributed by atoms with van der Waals surface area (Å²) in [4.78, 5) is 25.2. The van der Waals surface area contributed by atoms with Gasteiger partial charge in [0, 0.05) is 13.1 Å². The molecule has 0 saturated carbocycles. The van der Waals surface area contributed by atoms with Crippen molar-refractivity contribution in [3.05, 3.63) is 34.1 Å². The molecule has 1 saturated heterocycles. The molecule has 0 radical (unpaired) electrons. The molecule has 1 atom stereocenters. The van der Waals surface area contributed by atoms with Gasteiger partial charge in [-0.3, -0.25) is 9.59 Å². The lowest BCUT2D eigenvalue weighted by molar-refractivity contribution is -0.148. The third kappa shape index (κ3) is 2.44. The summed E-state index contributed by atoms with van der Waals surface area (Å²) in [6.07, 6.45) is 0.897. The third-order valence-electron chi connectivity index (χ3n) is 3.95. The van der Waals surface area contributed by atoms with Gasteiger partial charge < -0.3 is 10.0 Å². The topological polar surface area (TPSA) is 57.6 Å². The van der Waals surface area contributed by atoms with Crippen molar-refractivity contribution in [1.29, 1.82) is 0 Å². The number of carboxylic acid groups (broad SMARTS) is 1. The summed E-state index contributed by atoms with van der Waals surface area (Å²) in [5.41, 5.74) is -0.655. The van der Waals surface area contributed by atoms with Crippen LogP contribution in [0.25, 0.3) is 0 Å². The molecule has 1 heterocycles. The van der Waals surface area contributed by atoms with Crippen molar-refractivity contribution in [3.8, 4) is 0 Å². The van der Waals surface area contributed by atoms with E-state index in [1.165, 1.54) is 23.1 Å². The predicted molar refractivity (Wildman–Crippen MR) is 75.0 cm³/mol. The van der Waals surface area contributed by atoms with E-state index in [-0.39, 0.29) is 22.5 Å². The second-order valence-corrected chi connectivity index (χ2v) is 5.81. The molecule has 1 amide bonds. The van der Waals surface area contributed by atoms with Crippen LogP contribution in [0.2, 0.25) is 0 Å². The Morgan fingerprint density at radius 3 is 2.75 bits per heavy atom. The van der Waals surface area contributed by atoms with E-state index in [9.17, 15) is 19.1 Å². The highest BCUT2D eigenvalue weighted by Gasteiger charge is 2.45. The van der Waals surface area contributed by atoms with Gasteiger partial charge in [0.1, 0.15) is 5.82 Å². The molecule has 1 aliphatic heterocycles. The van der Waals surface area contributed by atoms with E-state index < -0.39 is 17.2 Å². The molecule has 1 N–H and O–H groups in total. The minimum absolute atomic E-state index is 0.120.